The molecule has 1 unspecified atom stereocenters. The molecule has 1 rings (SSSR count). The molecule has 0 radical (unpaired) electrons. The minimum Gasteiger partial charge on any atom is -0.385 e. The molecule has 5 heteroatoms. The van der Waals surface area contributed by atoms with Crippen molar-refractivity contribution in [2.45, 2.75) is 18.9 Å². The Morgan fingerprint density at radius 2 is 2.43 bits per heavy atom. The van der Waals surface area contributed by atoms with Crippen molar-refractivity contribution in [3.8, 4) is 0 Å². The van der Waals surface area contributed by atoms with E-state index in [0.717, 1.165) is 25.0 Å². The number of nitrogens with one attached hydrogen (secondary N) is 1. The van der Waals surface area contributed by atoms with Gasteiger partial charge in [0, 0.05) is 26.0 Å². The monoisotopic (exact) mass is 196 g/mol. The van der Waals surface area contributed by atoms with E-state index in [-0.39, 0.29) is 6.04 Å². The van der Waals surface area contributed by atoms with Crippen molar-refractivity contribution in [1.29, 1.82) is 0 Å². The van der Waals surface area contributed by atoms with Crippen LogP contribution in [-0.4, -0.2) is 23.9 Å². The predicted molar refractivity (Wildman–Crippen MR) is 53.2 cm³/mol. The highest BCUT2D eigenvalue weighted by atomic mass is 16.5. The van der Waals surface area contributed by atoms with E-state index in [4.69, 9.17) is 10.6 Å². The van der Waals surface area contributed by atoms with Crippen molar-refractivity contribution < 1.29 is 4.74 Å². The Hall–Kier alpha value is -1.04. The fraction of sp³-hybridized carbons (Fsp3) is 0.556. The number of aromatic nitrogens is 2. The molecular formula is C9H16N4O. The molecule has 0 amide bonds. The van der Waals surface area contributed by atoms with Crippen molar-refractivity contribution in [3.05, 3.63) is 24.0 Å². The van der Waals surface area contributed by atoms with Crippen LogP contribution in [0.2, 0.25) is 0 Å². The van der Waals surface area contributed by atoms with E-state index in [1.54, 1.807) is 19.5 Å². The van der Waals surface area contributed by atoms with E-state index in [1.165, 1.54) is 0 Å². The average molecular weight is 196 g/mol. The summed E-state index contributed by atoms with van der Waals surface area (Å²) in [6, 6.07) is 2.03. The molecule has 14 heavy (non-hydrogen) atoms. The number of nitrogens with two attached hydrogens (primary N) is 1. The van der Waals surface area contributed by atoms with Crippen LogP contribution < -0.4 is 11.3 Å². The first-order valence-electron chi connectivity index (χ1n) is 4.60. The molecule has 0 saturated carbocycles. The van der Waals surface area contributed by atoms with Gasteiger partial charge in [-0.3, -0.25) is 11.3 Å². The Morgan fingerprint density at radius 1 is 1.57 bits per heavy atom. The summed E-state index contributed by atoms with van der Waals surface area (Å²) in [5, 5.41) is 7.52. The van der Waals surface area contributed by atoms with E-state index in [2.05, 4.69) is 15.6 Å². The van der Waals surface area contributed by atoms with Gasteiger partial charge >= 0.3 is 0 Å². The minimum absolute atomic E-state index is 0.126. The maximum atomic E-state index is 5.45. The lowest BCUT2D eigenvalue weighted by atomic mass is 10.1. The standard InChI is InChI=1S/C9H16N4O/c1-14-6-2-3-9(13-10)8-4-5-11-12-7-8/h4-5,7,9,13H,2-3,6,10H2,1H3. The van der Waals surface area contributed by atoms with Gasteiger partial charge in [-0.05, 0) is 24.5 Å². The van der Waals surface area contributed by atoms with Gasteiger partial charge in [-0.2, -0.15) is 10.2 Å². The fourth-order valence-electron chi connectivity index (χ4n) is 1.29. The third-order valence-corrected chi connectivity index (χ3v) is 2.05. The molecule has 1 atom stereocenters. The second kappa shape index (κ2) is 6.42. The second-order valence-electron chi connectivity index (χ2n) is 3.03. The average Bonchev–Trinajstić information content (AvgIpc) is 2.26. The zero-order valence-electron chi connectivity index (χ0n) is 8.31. The number of methoxy groups -OCH3 is 1. The van der Waals surface area contributed by atoms with Crippen LogP contribution in [0.4, 0.5) is 0 Å². The van der Waals surface area contributed by atoms with Crippen molar-refractivity contribution in [3.63, 3.8) is 0 Å². The van der Waals surface area contributed by atoms with E-state index in [0.29, 0.717) is 0 Å². The smallest absolute Gasteiger partial charge is 0.0544 e. The molecule has 0 bridgehead atoms. The van der Waals surface area contributed by atoms with Crippen molar-refractivity contribution in [1.82, 2.24) is 15.6 Å². The van der Waals surface area contributed by atoms with Crippen molar-refractivity contribution in [2.24, 2.45) is 5.84 Å². The van der Waals surface area contributed by atoms with E-state index in [1.807, 2.05) is 6.07 Å². The Morgan fingerprint density at radius 3 is 3.00 bits per heavy atom. The first-order chi connectivity index (χ1) is 6.88. The predicted octanol–water partition coefficient (Wildman–Crippen LogP) is 0.408. The summed E-state index contributed by atoms with van der Waals surface area (Å²) in [6.45, 7) is 0.747. The van der Waals surface area contributed by atoms with E-state index in [9.17, 15) is 0 Å². The molecule has 1 aromatic heterocycles. The molecule has 5 nitrogen and oxygen atoms in total. The number of hydrazine groups is 1. The summed E-state index contributed by atoms with van der Waals surface area (Å²) in [6.07, 6.45) is 5.27. The Labute approximate surface area is 83.6 Å². The molecule has 0 aromatic carbocycles. The van der Waals surface area contributed by atoms with Crippen LogP contribution in [-0.2, 0) is 4.74 Å². The van der Waals surface area contributed by atoms with Crippen LogP contribution in [0.3, 0.4) is 0 Å². The van der Waals surface area contributed by atoms with Gasteiger partial charge in [-0.25, -0.2) is 0 Å². The fourth-order valence-corrected chi connectivity index (χ4v) is 1.29. The molecule has 0 aliphatic rings. The SMILES string of the molecule is COCCCC(NN)c1ccnnc1. The normalized spacial score (nSPS) is 12.7. The maximum absolute atomic E-state index is 5.45. The van der Waals surface area contributed by atoms with Crippen LogP contribution >= 0.6 is 0 Å². The first kappa shape index (κ1) is 11.0. The Balaban J connectivity index is 2.46. The van der Waals surface area contributed by atoms with Gasteiger partial charge in [-0.1, -0.05) is 0 Å². The molecule has 1 heterocycles. The highest BCUT2D eigenvalue weighted by Gasteiger charge is 2.08. The third-order valence-electron chi connectivity index (χ3n) is 2.05. The Kier molecular flexibility index (Phi) is 5.06. The molecule has 0 aliphatic carbocycles. The largest absolute Gasteiger partial charge is 0.385 e. The summed E-state index contributed by atoms with van der Waals surface area (Å²) in [5.41, 5.74) is 3.81. The number of hydrogen-bond donors (Lipinski definition) is 2. The van der Waals surface area contributed by atoms with Crippen LogP contribution in [0.15, 0.2) is 18.5 Å². The Bertz CT molecular complexity index is 242. The lowest BCUT2D eigenvalue weighted by Crippen LogP contribution is -2.28. The molecule has 0 saturated heterocycles. The molecule has 1 aromatic rings. The molecule has 0 aliphatic heterocycles. The molecule has 0 fully saturated rings. The topological polar surface area (TPSA) is 73.1 Å². The molecule has 0 spiro atoms. The zero-order chi connectivity index (χ0) is 10.2. The van der Waals surface area contributed by atoms with E-state index >= 15 is 0 Å². The summed E-state index contributed by atoms with van der Waals surface area (Å²) in [4.78, 5) is 0. The lowest BCUT2D eigenvalue weighted by Gasteiger charge is -2.14. The number of hydrogen-bond acceptors (Lipinski definition) is 5. The van der Waals surface area contributed by atoms with Gasteiger partial charge in [0.05, 0.1) is 6.20 Å². The van der Waals surface area contributed by atoms with Crippen molar-refractivity contribution >= 4 is 0 Å². The number of rotatable bonds is 6. The van der Waals surface area contributed by atoms with E-state index < -0.39 is 0 Å². The summed E-state index contributed by atoms with van der Waals surface area (Å²) >= 11 is 0. The second-order valence-corrected chi connectivity index (χ2v) is 3.03. The minimum atomic E-state index is 0.126. The van der Waals surface area contributed by atoms with Crippen LogP contribution in [0, 0.1) is 0 Å². The number of ether oxygens (including phenoxy) is 1. The summed E-state index contributed by atoms with van der Waals surface area (Å²) in [7, 11) is 1.69. The highest BCUT2D eigenvalue weighted by molar-refractivity contribution is 5.10. The number of nitrogens with zero attached hydrogens (tertiary/aromatic N) is 2. The quantitative estimate of drug-likeness (QED) is 0.391. The van der Waals surface area contributed by atoms with Gasteiger partial charge in [0.1, 0.15) is 0 Å². The lowest BCUT2D eigenvalue weighted by molar-refractivity contribution is 0.189. The van der Waals surface area contributed by atoms with Gasteiger partial charge in [0.15, 0.2) is 0 Å². The highest BCUT2D eigenvalue weighted by Crippen LogP contribution is 2.15. The van der Waals surface area contributed by atoms with Gasteiger partial charge in [0.25, 0.3) is 0 Å². The van der Waals surface area contributed by atoms with Crippen LogP contribution in [0.25, 0.3) is 0 Å². The van der Waals surface area contributed by atoms with Gasteiger partial charge < -0.3 is 4.74 Å². The zero-order valence-corrected chi connectivity index (χ0v) is 8.31. The third kappa shape index (κ3) is 3.37. The van der Waals surface area contributed by atoms with Crippen LogP contribution in [0.5, 0.6) is 0 Å². The molecule has 3 N–H and O–H groups in total. The molecule has 78 valence electrons. The summed E-state index contributed by atoms with van der Waals surface area (Å²) < 4.78 is 4.98. The first-order valence-corrected chi connectivity index (χ1v) is 4.60. The van der Waals surface area contributed by atoms with Gasteiger partial charge in [0.2, 0.25) is 0 Å². The maximum Gasteiger partial charge on any atom is 0.0544 e. The summed E-state index contributed by atoms with van der Waals surface area (Å²) in [5.74, 6) is 5.45. The van der Waals surface area contributed by atoms with Gasteiger partial charge in [-0.15, -0.1) is 0 Å². The molecular weight excluding hydrogens is 180 g/mol. The van der Waals surface area contributed by atoms with Crippen LogP contribution in [0.1, 0.15) is 24.4 Å². The van der Waals surface area contributed by atoms with Crippen molar-refractivity contribution in [2.75, 3.05) is 13.7 Å².